The normalized spacial score (nSPS) is 31.7. The van der Waals surface area contributed by atoms with E-state index in [0.29, 0.717) is 7.47 Å². The molecule has 1 saturated heterocycles. The second kappa shape index (κ2) is 3.72. The second-order valence-electron chi connectivity index (χ2n) is 5.44. The van der Waals surface area contributed by atoms with Crippen LogP contribution in [0.2, 0.25) is 0 Å². The Kier molecular flexibility index (Phi) is 3.16. The zero-order chi connectivity index (χ0) is 10.6. The standard InChI is InChI=1S/C11H19I2N/c1-8(2)14-7-11(4-5-11)6-9(14)10(3,12)13/h8-9H,4-7H2,1-3H3. The van der Waals surface area contributed by atoms with Crippen molar-refractivity contribution in [2.45, 2.75) is 53.5 Å². The maximum absolute atomic E-state index is 2.73. The lowest BCUT2D eigenvalue weighted by Crippen LogP contribution is -2.43. The van der Waals surface area contributed by atoms with E-state index >= 15 is 0 Å². The van der Waals surface area contributed by atoms with Crippen molar-refractivity contribution in [3.63, 3.8) is 0 Å². The highest BCUT2D eigenvalue weighted by molar-refractivity contribution is 14.2. The molecule has 0 aromatic rings. The highest BCUT2D eigenvalue weighted by Gasteiger charge is 2.55. The molecular formula is C11H19I2N. The van der Waals surface area contributed by atoms with Gasteiger partial charge < -0.3 is 0 Å². The monoisotopic (exact) mass is 419 g/mol. The fourth-order valence-electron chi connectivity index (χ4n) is 2.64. The minimum absolute atomic E-state index is 0.395. The first kappa shape index (κ1) is 11.9. The Balaban J connectivity index is 2.14. The van der Waals surface area contributed by atoms with Crippen LogP contribution in [-0.2, 0) is 0 Å². The van der Waals surface area contributed by atoms with E-state index in [4.69, 9.17) is 0 Å². The number of likely N-dealkylation sites (tertiary alicyclic amines) is 1. The third kappa shape index (κ3) is 2.24. The van der Waals surface area contributed by atoms with Gasteiger partial charge in [-0.25, -0.2) is 0 Å². The van der Waals surface area contributed by atoms with E-state index in [2.05, 4.69) is 70.9 Å². The molecule has 1 saturated carbocycles. The van der Waals surface area contributed by atoms with Gasteiger partial charge in [0.05, 0.1) is 1.43 Å². The molecule has 0 radical (unpaired) electrons. The van der Waals surface area contributed by atoms with Crippen LogP contribution in [0, 0.1) is 5.41 Å². The van der Waals surface area contributed by atoms with Crippen molar-refractivity contribution in [2.24, 2.45) is 5.41 Å². The van der Waals surface area contributed by atoms with E-state index in [0.717, 1.165) is 11.5 Å². The van der Waals surface area contributed by atoms with Gasteiger partial charge in [-0.15, -0.1) is 0 Å². The summed E-state index contributed by atoms with van der Waals surface area (Å²) >= 11 is 5.23. The molecule has 1 unspecified atom stereocenters. The maximum Gasteiger partial charge on any atom is 0.0861 e. The first-order valence-corrected chi connectivity index (χ1v) is 7.63. The van der Waals surface area contributed by atoms with Crippen LogP contribution in [0.1, 0.15) is 40.0 Å². The van der Waals surface area contributed by atoms with Crippen LogP contribution in [0.4, 0.5) is 0 Å². The molecule has 2 rings (SSSR count). The molecule has 0 bridgehead atoms. The lowest BCUT2D eigenvalue weighted by Gasteiger charge is -2.34. The molecule has 2 aliphatic rings. The molecule has 1 spiro atoms. The van der Waals surface area contributed by atoms with Crippen LogP contribution in [0.5, 0.6) is 0 Å². The summed E-state index contributed by atoms with van der Waals surface area (Å²) in [6.45, 7) is 8.41. The number of hydrogen-bond acceptors (Lipinski definition) is 1. The number of alkyl halides is 2. The molecule has 1 aliphatic heterocycles. The van der Waals surface area contributed by atoms with E-state index in [1.807, 2.05) is 0 Å². The Hall–Kier alpha value is 1.42. The summed E-state index contributed by atoms with van der Waals surface area (Å²) in [4.78, 5) is 2.73. The lowest BCUT2D eigenvalue weighted by molar-refractivity contribution is 0.199. The fraction of sp³-hybridized carbons (Fsp3) is 1.00. The molecule has 14 heavy (non-hydrogen) atoms. The van der Waals surface area contributed by atoms with Crippen molar-refractivity contribution < 1.29 is 0 Å². The van der Waals surface area contributed by atoms with E-state index in [-0.39, 0.29) is 0 Å². The van der Waals surface area contributed by atoms with Gasteiger partial charge in [0.1, 0.15) is 0 Å². The largest absolute Gasteiger partial charge is 0.295 e. The highest BCUT2D eigenvalue weighted by atomic mass is 127. The summed E-state index contributed by atoms with van der Waals surface area (Å²) in [7, 11) is 0. The summed E-state index contributed by atoms with van der Waals surface area (Å²) in [6.07, 6.45) is 4.40. The maximum atomic E-state index is 2.73. The first-order chi connectivity index (χ1) is 6.34. The molecule has 0 aromatic carbocycles. The average molecular weight is 419 g/mol. The molecule has 3 heteroatoms. The Morgan fingerprint density at radius 3 is 2.21 bits per heavy atom. The predicted molar refractivity (Wildman–Crippen MR) is 78.4 cm³/mol. The van der Waals surface area contributed by atoms with Crippen molar-refractivity contribution in [3.05, 3.63) is 0 Å². The Morgan fingerprint density at radius 1 is 1.36 bits per heavy atom. The van der Waals surface area contributed by atoms with Gasteiger partial charge >= 0.3 is 0 Å². The van der Waals surface area contributed by atoms with Crippen molar-refractivity contribution in [1.82, 2.24) is 4.90 Å². The molecule has 82 valence electrons. The van der Waals surface area contributed by atoms with E-state index in [1.165, 1.54) is 25.8 Å². The van der Waals surface area contributed by atoms with Gasteiger partial charge in [-0.1, -0.05) is 45.2 Å². The van der Waals surface area contributed by atoms with Crippen molar-refractivity contribution in [1.29, 1.82) is 0 Å². The van der Waals surface area contributed by atoms with Gasteiger partial charge in [-0.2, -0.15) is 0 Å². The van der Waals surface area contributed by atoms with Gasteiger partial charge in [-0.3, -0.25) is 4.90 Å². The third-order valence-corrected chi connectivity index (χ3v) is 5.19. The predicted octanol–water partition coefficient (Wildman–Crippen LogP) is 3.84. The molecule has 1 atom stereocenters. The summed E-state index contributed by atoms with van der Waals surface area (Å²) < 4.78 is 0.395. The second-order valence-corrected chi connectivity index (χ2v) is 12.0. The van der Waals surface area contributed by atoms with Crippen LogP contribution in [0.25, 0.3) is 0 Å². The zero-order valence-corrected chi connectivity index (χ0v) is 13.5. The third-order valence-electron chi connectivity index (χ3n) is 3.75. The minimum Gasteiger partial charge on any atom is -0.295 e. The molecule has 1 aliphatic carbocycles. The van der Waals surface area contributed by atoms with Gasteiger partial charge in [0, 0.05) is 18.6 Å². The Bertz CT molecular complexity index is 228. The smallest absolute Gasteiger partial charge is 0.0861 e. The van der Waals surface area contributed by atoms with Crippen LogP contribution in [0.3, 0.4) is 0 Å². The fourth-order valence-corrected chi connectivity index (χ4v) is 3.80. The highest BCUT2D eigenvalue weighted by Crippen LogP contribution is 2.58. The molecule has 2 fully saturated rings. The summed E-state index contributed by atoms with van der Waals surface area (Å²) in [5.41, 5.74) is 0.743. The molecule has 0 N–H and O–H groups in total. The summed E-state index contributed by atoms with van der Waals surface area (Å²) in [5, 5.41) is 0. The Morgan fingerprint density at radius 2 is 1.93 bits per heavy atom. The van der Waals surface area contributed by atoms with Crippen molar-refractivity contribution >= 4 is 45.2 Å². The van der Waals surface area contributed by atoms with Crippen LogP contribution in [-0.4, -0.2) is 25.0 Å². The molecule has 1 nitrogen and oxygen atoms in total. The van der Waals surface area contributed by atoms with E-state index < -0.39 is 0 Å². The molecule has 0 aromatic heterocycles. The van der Waals surface area contributed by atoms with Crippen LogP contribution in [0.15, 0.2) is 0 Å². The van der Waals surface area contributed by atoms with Crippen molar-refractivity contribution in [3.8, 4) is 0 Å². The first-order valence-electron chi connectivity index (χ1n) is 5.48. The topological polar surface area (TPSA) is 3.24 Å². The Labute approximate surface area is 115 Å². The summed E-state index contributed by atoms with van der Waals surface area (Å²) in [5.74, 6) is 0. The number of halogens is 2. The van der Waals surface area contributed by atoms with E-state index in [1.54, 1.807) is 0 Å². The minimum atomic E-state index is 0.395. The number of hydrogen-bond donors (Lipinski definition) is 0. The molecule has 1 heterocycles. The molecular weight excluding hydrogens is 400 g/mol. The SMILES string of the molecule is CC(C)N1CC2(CC2)CC1C(C)(I)I. The lowest BCUT2D eigenvalue weighted by atomic mass is 10.0. The average Bonchev–Trinajstić information content (AvgIpc) is 2.58. The van der Waals surface area contributed by atoms with Gasteiger partial charge in [0.25, 0.3) is 0 Å². The van der Waals surface area contributed by atoms with Crippen molar-refractivity contribution in [2.75, 3.05) is 6.54 Å². The van der Waals surface area contributed by atoms with Crippen LogP contribution >= 0.6 is 45.2 Å². The zero-order valence-electron chi connectivity index (χ0n) is 9.19. The van der Waals surface area contributed by atoms with Gasteiger partial charge in [-0.05, 0) is 45.4 Å². The number of nitrogens with zero attached hydrogens (tertiary/aromatic N) is 1. The van der Waals surface area contributed by atoms with E-state index in [9.17, 15) is 0 Å². The number of rotatable bonds is 2. The van der Waals surface area contributed by atoms with Gasteiger partial charge in [0.2, 0.25) is 0 Å². The van der Waals surface area contributed by atoms with Gasteiger partial charge in [0.15, 0.2) is 0 Å². The molecule has 0 amide bonds. The summed E-state index contributed by atoms with van der Waals surface area (Å²) in [6, 6.07) is 1.50. The van der Waals surface area contributed by atoms with Crippen LogP contribution < -0.4 is 0 Å². The quantitative estimate of drug-likeness (QED) is 0.486.